The molecule has 3 aromatic rings. The molecule has 108 valence electrons. The molecular weight excluding hydrogens is 264 g/mol. The van der Waals surface area contributed by atoms with E-state index in [2.05, 4.69) is 50.7 Å². The van der Waals surface area contributed by atoms with Crippen molar-refractivity contribution in [2.75, 3.05) is 0 Å². The lowest BCUT2D eigenvalue weighted by Crippen LogP contribution is -2.15. The van der Waals surface area contributed by atoms with Crippen LogP contribution in [0.5, 0.6) is 0 Å². The molecule has 1 aliphatic carbocycles. The number of nitrogens with zero attached hydrogens (tertiary/aromatic N) is 3. The number of rotatable bonds is 5. The van der Waals surface area contributed by atoms with Crippen molar-refractivity contribution in [1.29, 1.82) is 0 Å². The van der Waals surface area contributed by atoms with Crippen molar-refractivity contribution in [2.24, 2.45) is 0 Å². The van der Waals surface area contributed by atoms with E-state index in [0.29, 0.717) is 6.54 Å². The van der Waals surface area contributed by atoms with Crippen LogP contribution in [0.15, 0.2) is 35.1 Å². The summed E-state index contributed by atoms with van der Waals surface area (Å²) >= 11 is 0. The van der Waals surface area contributed by atoms with Gasteiger partial charge in [-0.15, -0.1) is 0 Å². The zero-order valence-electron chi connectivity index (χ0n) is 12.0. The maximum absolute atomic E-state index is 4.78. The van der Waals surface area contributed by atoms with E-state index in [1.165, 1.54) is 29.3 Å². The zero-order chi connectivity index (χ0) is 14.2. The van der Waals surface area contributed by atoms with E-state index in [9.17, 15) is 0 Å². The van der Waals surface area contributed by atoms with Gasteiger partial charge in [0.15, 0.2) is 0 Å². The predicted molar refractivity (Wildman–Crippen MR) is 79.9 cm³/mol. The second kappa shape index (κ2) is 5.00. The van der Waals surface area contributed by atoms with Crippen LogP contribution in [0.25, 0.3) is 10.9 Å². The van der Waals surface area contributed by atoms with Gasteiger partial charge in [0.1, 0.15) is 11.4 Å². The highest BCUT2D eigenvalue weighted by Gasteiger charge is 2.20. The molecule has 21 heavy (non-hydrogen) atoms. The van der Waals surface area contributed by atoms with Crippen molar-refractivity contribution in [2.45, 2.75) is 38.9 Å². The summed E-state index contributed by atoms with van der Waals surface area (Å²) in [5.74, 6) is 0. The minimum Gasteiger partial charge on any atom is -0.341 e. The molecule has 0 unspecified atom stereocenters. The van der Waals surface area contributed by atoms with Gasteiger partial charge in [-0.2, -0.15) is 0 Å². The Labute approximate surface area is 122 Å². The Bertz CT molecular complexity index is 770. The molecule has 0 atom stereocenters. The largest absolute Gasteiger partial charge is 0.341 e. The predicted octanol–water partition coefficient (Wildman–Crippen LogP) is 2.63. The molecule has 2 heterocycles. The lowest BCUT2D eigenvalue weighted by Gasteiger charge is -2.06. The molecule has 1 aliphatic rings. The molecule has 4 rings (SSSR count). The summed E-state index contributed by atoms with van der Waals surface area (Å²) < 4.78 is 6.98. The van der Waals surface area contributed by atoms with Gasteiger partial charge in [0, 0.05) is 24.3 Å². The highest BCUT2D eigenvalue weighted by molar-refractivity contribution is 5.80. The van der Waals surface area contributed by atoms with Gasteiger partial charge in [-0.3, -0.25) is 0 Å². The Hall–Kier alpha value is -2.14. The first kappa shape index (κ1) is 12.6. The van der Waals surface area contributed by atoms with Crippen LogP contribution in [0.4, 0.5) is 0 Å². The zero-order valence-corrected chi connectivity index (χ0v) is 12.0. The minimum absolute atomic E-state index is 0.693. The smallest absolute Gasteiger partial charge is 0.127 e. The molecular formula is C16H18N4O. The van der Waals surface area contributed by atoms with Crippen LogP contribution < -0.4 is 5.32 Å². The molecule has 0 spiro atoms. The first-order valence-corrected chi connectivity index (χ1v) is 7.39. The normalized spacial score (nSPS) is 14.9. The number of benzene rings is 1. The molecule has 0 aliphatic heterocycles. The third-order valence-corrected chi connectivity index (χ3v) is 4.08. The molecule has 0 saturated heterocycles. The monoisotopic (exact) mass is 282 g/mol. The summed E-state index contributed by atoms with van der Waals surface area (Å²) in [5.41, 5.74) is 4.29. The SMILES string of the molecule is Cc1nonc1Cn1ccc2ccc(CNC3CC3)cc21. The van der Waals surface area contributed by atoms with Crippen molar-refractivity contribution in [3.63, 3.8) is 0 Å². The van der Waals surface area contributed by atoms with Gasteiger partial charge in [-0.05, 0) is 42.8 Å². The van der Waals surface area contributed by atoms with E-state index in [-0.39, 0.29) is 0 Å². The Kier molecular flexibility index (Phi) is 3.00. The number of aromatic nitrogens is 3. The highest BCUT2D eigenvalue weighted by atomic mass is 16.6. The Morgan fingerprint density at radius 1 is 1.29 bits per heavy atom. The fourth-order valence-corrected chi connectivity index (χ4v) is 2.58. The molecule has 0 amide bonds. The number of aryl methyl sites for hydroxylation is 1. The molecule has 1 aromatic carbocycles. The van der Waals surface area contributed by atoms with Crippen molar-refractivity contribution < 1.29 is 4.63 Å². The molecule has 1 saturated carbocycles. The van der Waals surface area contributed by atoms with Crippen molar-refractivity contribution in [3.8, 4) is 0 Å². The minimum atomic E-state index is 0.693. The number of nitrogens with one attached hydrogen (secondary N) is 1. The van der Waals surface area contributed by atoms with Crippen LogP contribution >= 0.6 is 0 Å². The van der Waals surface area contributed by atoms with Crippen LogP contribution in [0, 0.1) is 6.92 Å². The van der Waals surface area contributed by atoms with Gasteiger partial charge >= 0.3 is 0 Å². The molecule has 1 fully saturated rings. The highest BCUT2D eigenvalue weighted by Crippen LogP contribution is 2.22. The lowest BCUT2D eigenvalue weighted by molar-refractivity contribution is 0.300. The first-order valence-electron chi connectivity index (χ1n) is 7.39. The van der Waals surface area contributed by atoms with Crippen molar-refractivity contribution >= 4 is 10.9 Å². The average molecular weight is 282 g/mol. The van der Waals surface area contributed by atoms with Crippen LogP contribution in [0.2, 0.25) is 0 Å². The van der Waals surface area contributed by atoms with Crippen LogP contribution in [0.3, 0.4) is 0 Å². The summed E-state index contributed by atoms with van der Waals surface area (Å²) in [4.78, 5) is 0. The summed E-state index contributed by atoms with van der Waals surface area (Å²) in [5, 5.41) is 12.6. The number of fused-ring (bicyclic) bond motifs is 1. The number of hydrogen-bond donors (Lipinski definition) is 1. The lowest BCUT2D eigenvalue weighted by atomic mass is 10.1. The fraction of sp³-hybridized carbons (Fsp3) is 0.375. The van der Waals surface area contributed by atoms with Crippen LogP contribution in [0.1, 0.15) is 29.8 Å². The molecule has 2 aromatic heterocycles. The van der Waals surface area contributed by atoms with Crippen molar-refractivity contribution in [1.82, 2.24) is 20.2 Å². The van der Waals surface area contributed by atoms with Crippen LogP contribution in [-0.4, -0.2) is 20.9 Å². The van der Waals surface area contributed by atoms with Gasteiger partial charge in [-0.1, -0.05) is 22.4 Å². The Morgan fingerprint density at radius 3 is 2.95 bits per heavy atom. The third kappa shape index (κ3) is 2.56. The summed E-state index contributed by atoms with van der Waals surface area (Å²) in [6, 6.07) is 9.51. The van der Waals surface area contributed by atoms with Gasteiger partial charge in [-0.25, -0.2) is 4.63 Å². The summed E-state index contributed by atoms with van der Waals surface area (Å²) in [7, 11) is 0. The Morgan fingerprint density at radius 2 is 2.19 bits per heavy atom. The van der Waals surface area contributed by atoms with Crippen molar-refractivity contribution in [3.05, 3.63) is 47.4 Å². The van der Waals surface area contributed by atoms with E-state index >= 15 is 0 Å². The second-order valence-electron chi connectivity index (χ2n) is 5.79. The molecule has 0 radical (unpaired) electrons. The topological polar surface area (TPSA) is 55.9 Å². The standard InChI is InChI=1S/C16H18N4O/c1-11-15(19-21-18-11)10-20-7-6-13-3-2-12(8-16(13)20)9-17-14-4-5-14/h2-3,6-8,14,17H,4-5,9-10H2,1H3. The molecule has 0 bridgehead atoms. The van der Waals surface area contributed by atoms with Gasteiger partial charge < -0.3 is 9.88 Å². The second-order valence-corrected chi connectivity index (χ2v) is 5.79. The van der Waals surface area contributed by atoms with E-state index in [1.807, 2.05) is 6.92 Å². The summed E-state index contributed by atoms with van der Waals surface area (Å²) in [6.45, 7) is 3.55. The molecule has 1 N–H and O–H groups in total. The quantitative estimate of drug-likeness (QED) is 0.781. The Balaban J connectivity index is 1.61. The number of hydrogen-bond acceptors (Lipinski definition) is 4. The fourth-order valence-electron chi connectivity index (χ4n) is 2.58. The van der Waals surface area contributed by atoms with Crippen LogP contribution in [-0.2, 0) is 13.1 Å². The van der Waals surface area contributed by atoms with E-state index in [0.717, 1.165) is 24.0 Å². The van der Waals surface area contributed by atoms with Gasteiger partial charge in [0.05, 0.1) is 6.54 Å². The average Bonchev–Trinajstić information content (AvgIpc) is 3.13. The van der Waals surface area contributed by atoms with Gasteiger partial charge in [0.25, 0.3) is 0 Å². The molecule has 5 heteroatoms. The van der Waals surface area contributed by atoms with E-state index in [1.54, 1.807) is 0 Å². The maximum Gasteiger partial charge on any atom is 0.127 e. The third-order valence-electron chi connectivity index (χ3n) is 4.08. The van der Waals surface area contributed by atoms with Gasteiger partial charge in [0.2, 0.25) is 0 Å². The summed E-state index contributed by atoms with van der Waals surface area (Å²) in [6.07, 6.45) is 4.73. The molecule has 5 nitrogen and oxygen atoms in total. The maximum atomic E-state index is 4.78. The van der Waals surface area contributed by atoms with E-state index < -0.39 is 0 Å². The van der Waals surface area contributed by atoms with E-state index in [4.69, 9.17) is 4.63 Å². The first-order chi connectivity index (χ1) is 10.3.